The fraction of sp³-hybridized carbons (Fsp3) is 0.438. The monoisotopic (exact) mass is 1130 g/mol. The molecule has 3 aliphatic rings. The molecule has 28 heteroatoms. The van der Waals surface area contributed by atoms with Gasteiger partial charge in [0.1, 0.15) is 59.8 Å². The summed E-state index contributed by atoms with van der Waals surface area (Å²) < 4.78 is 47.3. The molecule has 24 nitrogen and oxygen atoms in total. The standard InChI is InChI=1S/C24H29N6O7PS.C24H29N2O9PS/c1-5-24(33)19(31)17(36-23(24)30-13-28-18-20(25)26-12-27-21(18)30)11-34-38(39,37-16-9-7-6-8-10-16)29-15(4)22(32)35-14(2)3;1-5-24(31)21(29)19(34-23(24)26-12-11-17(27)13-20(26)28)14-32-36(37,35-18-9-7-6-8-10-18)25-16(4)22(30)33-15(2)3/h1,6-10,12-15,17,19,23,31,33H,11H2,2-4H3,(H,29,39)(H2,25,26,27);1,6-12,15-16,19,21,23,29,31H,13-14H2,2-4H3,(H,25,37)/t15-,17+,19+,23+,24+,38?;16-,19+,21+,23+,24+,36+/m00/s1. The molecular weight excluding hydrogens is 1070 g/mol. The van der Waals surface area contributed by atoms with Gasteiger partial charge < -0.3 is 63.2 Å². The van der Waals surface area contributed by atoms with Gasteiger partial charge in [-0.25, -0.2) is 25.1 Å². The van der Waals surface area contributed by atoms with E-state index in [1.807, 2.05) is 0 Å². The van der Waals surface area contributed by atoms with Crippen LogP contribution in [0.5, 0.6) is 11.5 Å². The second-order valence-electron chi connectivity index (χ2n) is 17.8. The predicted octanol–water partition coefficient (Wildman–Crippen LogP) is 2.28. The van der Waals surface area contributed by atoms with Crippen molar-refractivity contribution in [2.45, 2.75) is 120 Å². The number of benzene rings is 2. The number of ketones is 1. The zero-order valence-electron chi connectivity index (χ0n) is 41.8. The number of hydrogen-bond donors (Lipinski definition) is 7. The number of nitrogen functional groups attached to an aromatic ring is 1. The van der Waals surface area contributed by atoms with E-state index in [1.165, 1.54) is 24.1 Å². The molecule has 2 saturated heterocycles. The second kappa shape index (κ2) is 25.1. The number of fused-ring (bicyclic) bond motifs is 1. The number of imidazole rings is 1. The van der Waals surface area contributed by atoms with Crippen LogP contribution in [0.3, 0.4) is 0 Å². The van der Waals surface area contributed by atoms with E-state index in [0.717, 1.165) is 17.2 Å². The van der Waals surface area contributed by atoms with Gasteiger partial charge in [0.15, 0.2) is 40.9 Å². The van der Waals surface area contributed by atoms with Gasteiger partial charge in [-0.2, -0.15) is 0 Å². The third-order valence-electron chi connectivity index (χ3n) is 11.2. The van der Waals surface area contributed by atoms with Gasteiger partial charge in [0.25, 0.3) is 0 Å². The normalized spacial score (nSPS) is 26.6. The number of ether oxygens (including phenoxy) is 4. The molecule has 3 aliphatic heterocycles. The number of nitrogens with two attached hydrogens (primary N) is 1. The van der Waals surface area contributed by atoms with E-state index in [0.29, 0.717) is 11.5 Å². The molecule has 1 unspecified atom stereocenters. The largest absolute Gasteiger partial charge is 0.462 e. The van der Waals surface area contributed by atoms with Crippen molar-refractivity contribution < 1.29 is 76.6 Å². The van der Waals surface area contributed by atoms with Crippen LogP contribution >= 0.6 is 13.3 Å². The number of carbonyl (C=O) groups excluding carboxylic acids is 4. The number of carbonyl (C=O) groups is 4. The molecule has 0 bridgehead atoms. The lowest BCUT2D eigenvalue weighted by atomic mass is 9.94. The molecule has 1 amide bonds. The molecule has 4 aromatic rings. The first-order chi connectivity index (χ1) is 35.9. The molecule has 2 fully saturated rings. The summed E-state index contributed by atoms with van der Waals surface area (Å²) in [5.74, 6) is 2.99. The zero-order chi connectivity index (χ0) is 55.8. The van der Waals surface area contributed by atoms with Crippen molar-refractivity contribution in [3.05, 3.63) is 85.6 Å². The van der Waals surface area contributed by atoms with Crippen LogP contribution in [0.4, 0.5) is 5.82 Å². The molecular formula is C48H58N8O16P2S2. The lowest BCUT2D eigenvalue weighted by molar-refractivity contribution is -0.153. The number of nitrogens with zero attached hydrogens (tertiary/aromatic N) is 5. The van der Waals surface area contributed by atoms with E-state index in [2.05, 4.69) is 37.0 Å². The van der Waals surface area contributed by atoms with Gasteiger partial charge in [-0.15, -0.1) is 12.8 Å². The van der Waals surface area contributed by atoms with Crippen LogP contribution in [0.25, 0.3) is 11.2 Å². The molecule has 5 heterocycles. The maximum Gasteiger partial charge on any atom is 0.323 e. The van der Waals surface area contributed by atoms with Crippen LogP contribution in [-0.4, -0.2) is 148 Å². The van der Waals surface area contributed by atoms with Crippen molar-refractivity contribution in [3.63, 3.8) is 0 Å². The first kappa shape index (κ1) is 59.5. The van der Waals surface area contributed by atoms with Gasteiger partial charge in [-0.3, -0.25) is 28.6 Å². The molecule has 0 saturated carbocycles. The van der Waals surface area contributed by atoms with Crippen LogP contribution in [0.15, 0.2) is 85.6 Å². The number of aliphatic hydroxyl groups is 4. The number of hydrogen-bond acceptors (Lipinski definition) is 22. The maximum atomic E-state index is 12.5. The van der Waals surface area contributed by atoms with Crippen molar-refractivity contribution in [1.82, 2.24) is 34.6 Å². The summed E-state index contributed by atoms with van der Waals surface area (Å²) in [4.78, 5) is 61.9. The summed E-state index contributed by atoms with van der Waals surface area (Å²) in [5, 5.41) is 49.9. The Morgan fingerprint density at radius 1 is 0.789 bits per heavy atom. The summed E-state index contributed by atoms with van der Waals surface area (Å²) >= 11 is 11.3. The van der Waals surface area contributed by atoms with Crippen molar-refractivity contribution >= 4 is 77.5 Å². The number of esters is 2. The lowest BCUT2D eigenvalue weighted by Gasteiger charge is -2.33. The number of nitrogens with one attached hydrogen (secondary N) is 2. The number of amides is 1. The number of aliphatic hydroxyl groups excluding tert-OH is 2. The molecule has 2 aromatic heterocycles. The van der Waals surface area contributed by atoms with Crippen LogP contribution in [0, 0.1) is 24.7 Å². The topological polar surface area (TPSA) is 320 Å². The lowest BCUT2D eigenvalue weighted by Crippen LogP contribution is -2.55. The minimum atomic E-state index is -3.48. The summed E-state index contributed by atoms with van der Waals surface area (Å²) in [6.45, 7) is 2.26. The SMILES string of the molecule is C#C[C@@]1(O)[C@H](O)[C@@H](COP(=S)(N[C@@H](C)C(=O)OC(C)C)Oc2ccccc2)O[C@H]1n1cnc2c(N)ncnc21.C#C[C@@]1(O)[C@H](O)[C@@H](CO[P@](=S)(N[C@@H](C)C(=O)OC(C)C)Oc2ccccc2)O[C@H]1N1C=CC(=O)CC1=O. The number of para-hydroxylation sites is 2. The third kappa shape index (κ3) is 14.0. The fourth-order valence-electron chi connectivity index (χ4n) is 7.48. The highest BCUT2D eigenvalue weighted by Crippen LogP contribution is 2.49. The Labute approximate surface area is 448 Å². The minimum absolute atomic E-state index is 0.122. The van der Waals surface area contributed by atoms with Gasteiger partial charge in [0.05, 0.1) is 38.2 Å². The molecule has 2 aromatic carbocycles. The van der Waals surface area contributed by atoms with Crippen LogP contribution in [0.1, 0.15) is 54.2 Å². The highest BCUT2D eigenvalue weighted by atomic mass is 32.5. The average Bonchev–Trinajstić information content (AvgIpc) is 4.00. The van der Waals surface area contributed by atoms with Gasteiger partial charge in [-0.05, 0) is 95.5 Å². The van der Waals surface area contributed by atoms with E-state index >= 15 is 0 Å². The van der Waals surface area contributed by atoms with Crippen molar-refractivity contribution in [1.29, 1.82) is 0 Å². The number of aromatic nitrogens is 4. The van der Waals surface area contributed by atoms with Crippen molar-refractivity contribution in [2.75, 3.05) is 18.9 Å². The smallest absolute Gasteiger partial charge is 0.323 e. The molecule has 0 spiro atoms. The number of allylic oxidation sites excluding steroid dienone is 1. The Morgan fingerprint density at radius 3 is 1.70 bits per heavy atom. The fourth-order valence-corrected chi connectivity index (χ4v) is 12.3. The Hall–Kier alpha value is -5.77. The first-order valence-electron chi connectivity index (χ1n) is 23.3. The molecule has 7 rings (SSSR count). The van der Waals surface area contributed by atoms with Crippen LogP contribution in [0.2, 0.25) is 0 Å². The zero-order valence-corrected chi connectivity index (χ0v) is 45.3. The summed E-state index contributed by atoms with van der Waals surface area (Å²) in [6, 6.07) is 15.4. The molecule has 76 heavy (non-hydrogen) atoms. The molecule has 12 atom stereocenters. The number of terminal acetylenes is 2. The van der Waals surface area contributed by atoms with E-state index in [-0.39, 0.29) is 35.8 Å². The van der Waals surface area contributed by atoms with Crippen LogP contribution < -0.4 is 25.0 Å². The van der Waals surface area contributed by atoms with Gasteiger partial charge in [0, 0.05) is 6.20 Å². The number of anilines is 1. The Balaban J connectivity index is 0.000000247. The van der Waals surface area contributed by atoms with E-state index < -0.39 is 110 Å². The van der Waals surface area contributed by atoms with Crippen molar-refractivity contribution in [3.8, 4) is 36.2 Å². The molecule has 408 valence electrons. The highest BCUT2D eigenvalue weighted by molar-refractivity contribution is 8.09. The summed E-state index contributed by atoms with van der Waals surface area (Å²) in [7, 11) is 0. The second-order valence-corrected chi connectivity index (χ2v) is 24.1. The van der Waals surface area contributed by atoms with E-state index in [4.69, 9.17) is 79.2 Å². The Morgan fingerprint density at radius 2 is 1.25 bits per heavy atom. The number of rotatable bonds is 20. The van der Waals surface area contributed by atoms with Gasteiger partial charge in [-0.1, -0.05) is 48.2 Å². The van der Waals surface area contributed by atoms with Gasteiger partial charge >= 0.3 is 25.2 Å². The summed E-state index contributed by atoms with van der Waals surface area (Å²) in [5.41, 5.74) is 1.89. The molecule has 0 radical (unpaired) electrons. The average molecular weight is 1130 g/mol. The quantitative estimate of drug-likeness (QED) is 0.0289. The Kier molecular flexibility index (Phi) is 19.7. The third-order valence-corrected chi connectivity index (χ3v) is 16.2. The predicted molar refractivity (Wildman–Crippen MR) is 280 cm³/mol. The molecule has 8 N–H and O–H groups in total. The first-order valence-corrected chi connectivity index (χ1v) is 28.6. The highest BCUT2D eigenvalue weighted by Gasteiger charge is 2.59. The molecule has 0 aliphatic carbocycles. The van der Waals surface area contributed by atoms with Crippen molar-refractivity contribution in [2.24, 2.45) is 0 Å². The Bertz CT molecular complexity index is 2950. The summed E-state index contributed by atoms with van der Waals surface area (Å²) in [6.07, 6.45) is 6.37. The van der Waals surface area contributed by atoms with Crippen LogP contribution in [-0.2, 0) is 70.8 Å². The maximum absolute atomic E-state index is 12.5. The van der Waals surface area contributed by atoms with E-state index in [1.54, 1.807) is 95.3 Å². The van der Waals surface area contributed by atoms with E-state index in [9.17, 15) is 39.6 Å². The minimum Gasteiger partial charge on any atom is -0.462 e. The van der Waals surface area contributed by atoms with Gasteiger partial charge in [0.2, 0.25) is 5.91 Å².